The predicted octanol–water partition coefficient (Wildman–Crippen LogP) is 2.66. The van der Waals surface area contributed by atoms with E-state index in [2.05, 4.69) is 5.32 Å². The van der Waals surface area contributed by atoms with Gasteiger partial charge in [0.05, 0.1) is 6.61 Å². The van der Waals surface area contributed by atoms with Crippen molar-refractivity contribution in [2.45, 2.75) is 13.3 Å². The summed E-state index contributed by atoms with van der Waals surface area (Å²) in [6.07, 6.45) is 0.448. The van der Waals surface area contributed by atoms with Crippen molar-refractivity contribution in [1.82, 2.24) is 5.32 Å². The molecule has 0 heterocycles. The minimum Gasteiger partial charge on any atom is -0.494 e. The normalized spacial score (nSPS) is 10.2. The van der Waals surface area contributed by atoms with Gasteiger partial charge in [0.15, 0.2) is 0 Å². The number of ether oxygens (including phenoxy) is 1. The molecule has 0 aliphatic carbocycles. The zero-order valence-corrected chi connectivity index (χ0v) is 13.6. The summed E-state index contributed by atoms with van der Waals surface area (Å²) in [5.74, 6) is -3.31. The third-order valence-corrected chi connectivity index (χ3v) is 3.36. The molecule has 0 saturated carbocycles. The van der Waals surface area contributed by atoms with Gasteiger partial charge in [-0.2, -0.15) is 0 Å². The van der Waals surface area contributed by atoms with E-state index < -0.39 is 29.1 Å². The summed E-state index contributed by atoms with van der Waals surface area (Å²) in [5, 5.41) is 4.34. The number of rotatable bonds is 6. The largest absolute Gasteiger partial charge is 0.494 e. The molecule has 0 atom stereocenters. The number of carbonyl (C=O) groups is 2. The molecule has 0 unspecified atom stereocenters. The summed E-state index contributed by atoms with van der Waals surface area (Å²) in [7, 11) is 0. The fourth-order valence-corrected chi connectivity index (χ4v) is 2.19. The number of amides is 2. The molecule has 0 fully saturated rings. The number of nitrogens with one attached hydrogen (secondary N) is 2. The number of hydrogen-bond acceptors (Lipinski definition) is 3. The van der Waals surface area contributed by atoms with Crippen LogP contribution in [-0.4, -0.2) is 25.0 Å². The Kier molecular flexibility index (Phi) is 6.45. The first-order valence-corrected chi connectivity index (χ1v) is 7.76. The van der Waals surface area contributed by atoms with Crippen molar-refractivity contribution in [3.8, 4) is 5.75 Å². The molecule has 2 N–H and O–H groups in total. The molecular formula is C18H18F2N2O3. The lowest BCUT2D eigenvalue weighted by Gasteiger charge is -2.11. The SMILES string of the molecule is CCOc1ccccc1CCNC(=O)C(=O)Nc1c(F)cccc1F. The van der Waals surface area contributed by atoms with Gasteiger partial charge in [-0.1, -0.05) is 24.3 Å². The van der Waals surface area contributed by atoms with Gasteiger partial charge in [0.2, 0.25) is 0 Å². The molecule has 2 amide bonds. The first-order valence-electron chi connectivity index (χ1n) is 7.76. The molecule has 0 aromatic heterocycles. The summed E-state index contributed by atoms with van der Waals surface area (Å²) in [4.78, 5) is 23.5. The second-order valence-electron chi connectivity index (χ2n) is 5.10. The summed E-state index contributed by atoms with van der Waals surface area (Å²) >= 11 is 0. The van der Waals surface area contributed by atoms with Crippen LogP contribution in [0.3, 0.4) is 0 Å². The van der Waals surface area contributed by atoms with E-state index in [-0.39, 0.29) is 6.54 Å². The van der Waals surface area contributed by atoms with E-state index >= 15 is 0 Å². The maximum atomic E-state index is 13.5. The molecule has 0 bridgehead atoms. The monoisotopic (exact) mass is 348 g/mol. The Balaban J connectivity index is 1.89. The van der Waals surface area contributed by atoms with Gasteiger partial charge < -0.3 is 15.4 Å². The van der Waals surface area contributed by atoms with Crippen LogP contribution in [0, 0.1) is 11.6 Å². The molecule has 0 aliphatic heterocycles. The Morgan fingerprint density at radius 3 is 2.36 bits per heavy atom. The molecule has 2 aromatic rings. The molecule has 2 aromatic carbocycles. The van der Waals surface area contributed by atoms with Crippen molar-refractivity contribution < 1.29 is 23.1 Å². The van der Waals surface area contributed by atoms with Crippen LogP contribution in [0.1, 0.15) is 12.5 Å². The van der Waals surface area contributed by atoms with E-state index in [1.807, 2.05) is 36.5 Å². The molecule has 2 rings (SSSR count). The molecule has 0 saturated heterocycles. The molecule has 0 aliphatic rings. The zero-order chi connectivity index (χ0) is 18.2. The second-order valence-corrected chi connectivity index (χ2v) is 5.10. The quantitative estimate of drug-likeness (QED) is 0.789. The van der Waals surface area contributed by atoms with Gasteiger partial charge in [0.1, 0.15) is 23.1 Å². The van der Waals surface area contributed by atoms with E-state index in [1.54, 1.807) is 0 Å². The highest BCUT2D eigenvalue weighted by Gasteiger charge is 2.17. The molecular weight excluding hydrogens is 330 g/mol. The maximum absolute atomic E-state index is 13.5. The van der Waals surface area contributed by atoms with Gasteiger partial charge in [-0.3, -0.25) is 9.59 Å². The predicted molar refractivity (Wildman–Crippen MR) is 89.3 cm³/mol. The van der Waals surface area contributed by atoms with E-state index in [1.165, 1.54) is 0 Å². The third-order valence-electron chi connectivity index (χ3n) is 3.36. The molecule has 7 heteroatoms. The van der Waals surface area contributed by atoms with Gasteiger partial charge in [0.25, 0.3) is 0 Å². The minimum absolute atomic E-state index is 0.177. The van der Waals surface area contributed by atoms with Gasteiger partial charge >= 0.3 is 11.8 Å². The highest BCUT2D eigenvalue weighted by atomic mass is 19.1. The van der Waals surface area contributed by atoms with Crippen LogP contribution < -0.4 is 15.4 Å². The lowest BCUT2D eigenvalue weighted by Crippen LogP contribution is -2.36. The van der Waals surface area contributed by atoms with E-state index in [9.17, 15) is 18.4 Å². The number of carbonyl (C=O) groups excluding carboxylic acids is 2. The van der Waals surface area contributed by atoms with E-state index in [0.29, 0.717) is 18.8 Å². The molecule has 132 valence electrons. The van der Waals surface area contributed by atoms with Crippen molar-refractivity contribution in [3.63, 3.8) is 0 Å². The Hall–Kier alpha value is -2.96. The van der Waals surface area contributed by atoms with Gasteiger partial charge in [-0.25, -0.2) is 8.78 Å². The summed E-state index contributed by atoms with van der Waals surface area (Å²) in [6.45, 7) is 2.56. The topological polar surface area (TPSA) is 67.4 Å². The fourth-order valence-electron chi connectivity index (χ4n) is 2.19. The Bertz CT molecular complexity index is 745. The van der Waals surface area contributed by atoms with Crippen LogP contribution in [0.5, 0.6) is 5.75 Å². The first kappa shape index (κ1) is 18.4. The summed E-state index contributed by atoms with van der Waals surface area (Å²) in [6, 6.07) is 10.5. The maximum Gasteiger partial charge on any atom is 0.313 e. The Labute approximate surface area is 144 Å². The van der Waals surface area contributed by atoms with Crippen molar-refractivity contribution >= 4 is 17.5 Å². The smallest absolute Gasteiger partial charge is 0.313 e. The Morgan fingerprint density at radius 1 is 1.00 bits per heavy atom. The fraction of sp³-hybridized carbons (Fsp3) is 0.222. The molecule has 25 heavy (non-hydrogen) atoms. The highest BCUT2D eigenvalue weighted by molar-refractivity contribution is 6.39. The van der Waals surface area contributed by atoms with Gasteiger partial charge in [0, 0.05) is 6.54 Å². The van der Waals surface area contributed by atoms with Crippen LogP contribution >= 0.6 is 0 Å². The summed E-state index contributed by atoms with van der Waals surface area (Å²) in [5.41, 5.74) is 0.231. The van der Waals surface area contributed by atoms with E-state index in [4.69, 9.17) is 4.74 Å². The summed E-state index contributed by atoms with van der Waals surface area (Å²) < 4.78 is 32.4. The average Bonchev–Trinajstić information content (AvgIpc) is 2.59. The molecule has 0 spiro atoms. The van der Waals surface area contributed by atoms with Gasteiger partial charge in [-0.05, 0) is 37.1 Å². The zero-order valence-electron chi connectivity index (χ0n) is 13.6. The van der Waals surface area contributed by atoms with Crippen LogP contribution in [0.2, 0.25) is 0 Å². The standard InChI is InChI=1S/C18H18F2N2O3/c1-2-25-15-9-4-3-6-12(15)10-11-21-17(23)18(24)22-16-13(19)7-5-8-14(16)20/h3-9H,2,10-11H2,1H3,(H,21,23)(H,22,24). The lowest BCUT2D eigenvalue weighted by molar-refractivity contribution is -0.136. The highest BCUT2D eigenvalue weighted by Crippen LogP contribution is 2.19. The number of hydrogen-bond donors (Lipinski definition) is 2. The van der Waals surface area contributed by atoms with Crippen LogP contribution in [0.15, 0.2) is 42.5 Å². The second kappa shape index (κ2) is 8.77. The van der Waals surface area contributed by atoms with Crippen molar-refractivity contribution in [3.05, 3.63) is 59.7 Å². The van der Waals surface area contributed by atoms with Crippen LogP contribution in [0.25, 0.3) is 0 Å². The minimum atomic E-state index is -1.14. The Morgan fingerprint density at radius 2 is 1.68 bits per heavy atom. The van der Waals surface area contributed by atoms with E-state index in [0.717, 1.165) is 23.8 Å². The molecule has 5 nitrogen and oxygen atoms in total. The van der Waals surface area contributed by atoms with Crippen LogP contribution in [-0.2, 0) is 16.0 Å². The lowest BCUT2D eigenvalue weighted by atomic mass is 10.1. The van der Waals surface area contributed by atoms with Crippen LogP contribution in [0.4, 0.5) is 14.5 Å². The van der Waals surface area contributed by atoms with Crippen molar-refractivity contribution in [2.75, 3.05) is 18.5 Å². The number of para-hydroxylation sites is 2. The van der Waals surface area contributed by atoms with Crippen molar-refractivity contribution in [1.29, 1.82) is 0 Å². The number of anilines is 1. The van der Waals surface area contributed by atoms with Crippen molar-refractivity contribution in [2.24, 2.45) is 0 Å². The number of halogens is 2. The average molecular weight is 348 g/mol. The third kappa shape index (κ3) is 5.00. The number of benzene rings is 2. The van der Waals surface area contributed by atoms with Gasteiger partial charge in [-0.15, -0.1) is 0 Å². The first-order chi connectivity index (χ1) is 12.0. The molecule has 0 radical (unpaired) electrons.